The summed E-state index contributed by atoms with van der Waals surface area (Å²) >= 11 is 9.28. The van der Waals surface area contributed by atoms with Crippen LogP contribution in [0.15, 0.2) is 58.1 Å². The Labute approximate surface area is 217 Å². The number of aromatic nitrogens is 1. The van der Waals surface area contributed by atoms with Gasteiger partial charge in [0.25, 0.3) is 5.91 Å². The highest BCUT2D eigenvalue weighted by atomic mass is 35.5. The van der Waals surface area contributed by atoms with Crippen LogP contribution in [0, 0.1) is 6.92 Å². The lowest BCUT2D eigenvalue weighted by Gasteiger charge is -2.30. The summed E-state index contributed by atoms with van der Waals surface area (Å²) in [6, 6.07) is 13.0. The van der Waals surface area contributed by atoms with Gasteiger partial charge in [-0.15, -0.1) is 22.7 Å². The van der Waals surface area contributed by atoms with Gasteiger partial charge in [-0.25, -0.2) is 13.4 Å². The number of aryl methyl sites for hydroxylation is 1. The van der Waals surface area contributed by atoms with E-state index in [-0.39, 0.29) is 16.7 Å². The SMILES string of the molecule is Cc1ccc(S(=O)(=O)N2CCC(c3nc(C(=O)NCc4csc5ccccc45)cs3)CC2)cc1Cl. The van der Waals surface area contributed by atoms with Crippen molar-refractivity contribution in [3.05, 3.63) is 80.1 Å². The molecule has 0 radical (unpaired) electrons. The smallest absolute Gasteiger partial charge is 0.271 e. The number of thiophene rings is 1. The molecule has 0 spiro atoms. The second-order valence-corrected chi connectivity index (χ2v) is 12.7. The minimum atomic E-state index is -3.59. The first kappa shape index (κ1) is 24.4. The molecule has 5 rings (SSSR count). The molecule has 2 aromatic carbocycles. The molecule has 35 heavy (non-hydrogen) atoms. The summed E-state index contributed by atoms with van der Waals surface area (Å²) in [5, 5.41) is 9.32. The van der Waals surface area contributed by atoms with Crippen LogP contribution in [0.2, 0.25) is 5.02 Å². The summed E-state index contributed by atoms with van der Waals surface area (Å²) in [5.41, 5.74) is 2.35. The van der Waals surface area contributed by atoms with Gasteiger partial charge in [0.15, 0.2) is 0 Å². The number of fused-ring (bicyclic) bond motifs is 1. The van der Waals surface area contributed by atoms with Gasteiger partial charge >= 0.3 is 0 Å². The Bertz CT molecular complexity index is 1490. The maximum absolute atomic E-state index is 13.0. The van der Waals surface area contributed by atoms with Crippen molar-refractivity contribution < 1.29 is 13.2 Å². The van der Waals surface area contributed by atoms with Gasteiger partial charge in [0.05, 0.1) is 9.90 Å². The number of benzene rings is 2. The maximum Gasteiger partial charge on any atom is 0.271 e. The van der Waals surface area contributed by atoms with Gasteiger partial charge in [-0.2, -0.15) is 4.31 Å². The lowest BCUT2D eigenvalue weighted by Crippen LogP contribution is -2.37. The molecule has 182 valence electrons. The standard InChI is InChI=1S/C25H24ClN3O3S3/c1-16-6-7-19(12-21(16)26)35(31,32)29-10-8-17(9-11-29)25-28-22(15-34-25)24(30)27-13-18-14-33-23-5-3-2-4-20(18)23/h2-7,12,14-15,17H,8-11,13H2,1H3,(H,27,30). The summed E-state index contributed by atoms with van der Waals surface area (Å²) in [6.07, 6.45) is 1.32. The molecule has 1 N–H and O–H groups in total. The van der Waals surface area contributed by atoms with Gasteiger partial charge in [0, 0.05) is 40.7 Å². The second kappa shape index (κ2) is 9.99. The van der Waals surface area contributed by atoms with Gasteiger partial charge in [0.2, 0.25) is 10.0 Å². The lowest BCUT2D eigenvalue weighted by atomic mass is 9.99. The van der Waals surface area contributed by atoms with Gasteiger partial charge in [-0.05, 0) is 59.9 Å². The predicted molar refractivity (Wildman–Crippen MR) is 142 cm³/mol. The third kappa shape index (κ3) is 5.01. The Morgan fingerprint density at radius 1 is 1.14 bits per heavy atom. The number of nitrogens with zero attached hydrogens (tertiary/aromatic N) is 2. The number of sulfonamides is 1. The van der Waals surface area contributed by atoms with Crippen LogP contribution < -0.4 is 5.32 Å². The van der Waals surface area contributed by atoms with E-state index >= 15 is 0 Å². The molecule has 4 aromatic rings. The molecule has 0 atom stereocenters. The monoisotopic (exact) mass is 545 g/mol. The first-order chi connectivity index (χ1) is 16.8. The molecule has 3 heterocycles. The molecule has 0 unspecified atom stereocenters. The summed E-state index contributed by atoms with van der Waals surface area (Å²) < 4.78 is 28.8. The topological polar surface area (TPSA) is 79.4 Å². The summed E-state index contributed by atoms with van der Waals surface area (Å²) in [5.74, 6) is -0.0607. The molecule has 1 fully saturated rings. The van der Waals surface area contributed by atoms with Crippen LogP contribution in [-0.2, 0) is 16.6 Å². The van der Waals surface area contributed by atoms with Crippen molar-refractivity contribution >= 4 is 60.3 Å². The minimum absolute atomic E-state index is 0.135. The quantitative estimate of drug-likeness (QED) is 0.331. The van der Waals surface area contributed by atoms with Gasteiger partial charge < -0.3 is 5.32 Å². The van der Waals surface area contributed by atoms with Crippen LogP contribution in [0.1, 0.15) is 45.4 Å². The maximum atomic E-state index is 13.0. The number of carbonyl (C=O) groups is 1. The van der Waals surface area contributed by atoms with Crippen molar-refractivity contribution in [1.82, 2.24) is 14.6 Å². The van der Waals surface area contributed by atoms with Crippen LogP contribution in [0.3, 0.4) is 0 Å². The number of hydrogen-bond acceptors (Lipinski definition) is 6. The number of rotatable bonds is 6. The van der Waals surface area contributed by atoms with E-state index in [4.69, 9.17) is 11.6 Å². The Morgan fingerprint density at radius 2 is 1.91 bits per heavy atom. The molecule has 10 heteroatoms. The number of piperidine rings is 1. The zero-order valence-electron chi connectivity index (χ0n) is 19.0. The Morgan fingerprint density at radius 3 is 2.69 bits per heavy atom. The highest BCUT2D eigenvalue weighted by Gasteiger charge is 2.31. The van der Waals surface area contributed by atoms with E-state index in [1.165, 1.54) is 26.4 Å². The second-order valence-electron chi connectivity index (χ2n) is 8.60. The van der Waals surface area contributed by atoms with Crippen molar-refractivity contribution in [3.63, 3.8) is 0 Å². The summed E-state index contributed by atoms with van der Waals surface area (Å²) in [7, 11) is -3.59. The van der Waals surface area contributed by atoms with Crippen molar-refractivity contribution in [2.24, 2.45) is 0 Å². The van der Waals surface area contributed by atoms with Crippen LogP contribution in [-0.4, -0.2) is 36.7 Å². The Hall–Kier alpha value is -2.30. The molecular formula is C25H24ClN3O3S3. The Kier molecular flexibility index (Phi) is 6.96. The van der Waals surface area contributed by atoms with E-state index in [1.807, 2.05) is 19.1 Å². The van der Waals surface area contributed by atoms with Crippen LogP contribution in [0.5, 0.6) is 0 Å². The normalized spacial score (nSPS) is 15.5. The van der Waals surface area contributed by atoms with E-state index in [0.29, 0.717) is 43.2 Å². The molecule has 1 aliphatic rings. The molecule has 1 amide bonds. The third-order valence-corrected chi connectivity index (χ3v) is 10.7. The molecule has 1 saturated heterocycles. The van der Waals surface area contributed by atoms with E-state index in [9.17, 15) is 13.2 Å². The highest BCUT2D eigenvalue weighted by Crippen LogP contribution is 2.33. The fourth-order valence-corrected chi connectivity index (χ4v) is 7.92. The lowest BCUT2D eigenvalue weighted by molar-refractivity contribution is 0.0946. The minimum Gasteiger partial charge on any atom is -0.347 e. The van der Waals surface area contributed by atoms with Gasteiger partial charge in [0.1, 0.15) is 5.69 Å². The zero-order valence-corrected chi connectivity index (χ0v) is 22.2. The first-order valence-electron chi connectivity index (χ1n) is 11.3. The van der Waals surface area contributed by atoms with Gasteiger partial charge in [-0.3, -0.25) is 4.79 Å². The largest absolute Gasteiger partial charge is 0.347 e. The fraction of sp³-hybridized carbons (Fsp3) is 0.280. The number of nitrogens with one attached hydrogen (secondary N) is 1. The zero-order chi connectivity index (χ0) is 24.6. The summed E-state index contributed by atoms with van der Waals surface area (Å²) in [6.45, 7) is 3.11. The van der Waals surface area contributed by atoms with Crippen molar-refractivity contribution in [1.29, 1.82) is 0 Å². The fourth-order valence-electron chi connectivity index (χ4n) is 4.24. The molecular weight excluding hydrogens is 522 g/mol. The van der Waals surface area contributed by atoms with E-state index < -0.39 is 10.0 Å². The molecule has 0 bridgehead atoms. The predicted octanol–water partition coefficient (Wildman–Crippen LogP) is 5.82. The number of amides is 1. The first-order valence-corrected chi connectivity index (χ1v) is 14.9. The summed E-state index contributed by atoms with van der Waals surface area (Å²) in [4.78, 5) is 17.5. The number of thiazole rings is 1. The van der Waals surface area contributed by atoms with Crippen LogP contribution in [0.4, 0.5) is 0 Å². The van der Waals surface area contributed by atoms with Crippen molar-refractivity contribution in [3.8, 4) is 0 Å². The average molecular weight is 546 g/mol. The van der Waals surface area contributed by atoms with E-state index in [2.05, 4.69) is 27.8 Å². The highest BCUT2D eigenvalue weighted by molar-refractivity contribution is 7.89. The number of hydrogen-bond donors (Lipinski definition) is 1. The molecule has 0 aliphatic carbocycles. The van der Waals surface area contributed by atoms with E-state index in [1.54, 1.807) is 28.8 Å². The van der Waals surface area contributed by atoms with Crippen molar-refractivity contribution in [2.75, 3.05) is 13.1 Å². The van der Waals surface area contributed by atoms with Crippen LogP contribution in [0.25, 0.3) is 10.1 Å². The van der Waals surface area contributed by atoms with E-state index in [0.717, 1.165) is 21.5 Å². The average Bonchev–Trinajstić information content (AvgIpc) is 3.52. The van der Waals surface area contributed by atoms with Crippen molar-refractivity contribution in [2.45, 2.75) is 37.1 Å². The van der Waals surface area contributed by atoms with Gasteiger partial charge in [-0.1, -0.05) is 35.9 Å². The number of halogens is 1. The molecule has 2 aromatic heterocycles. The molecule has 1 aliphatic heterocycles. The third-order valence-electron chi connectivity index (χ3n) is 6.34. The number of carbonyl (C=O) groups excluding carboxylic acids is 1. The Balaban J connectivity index is 1.19. The molecule has 0 saturated carbocycles. The molecule has 6 nitrogen and oxygen atoms in total. The van der Waals surface area contributed by atoms with Crippen LogP contribution >= 0.6 is 34.3 Å².